The van der Waals surface area contributed by atoms with Gasteiger partial charge >= 0.3 is 0 Å². The summed E-state index contributed by atoms with van der Waals surface area (Å²) < 4.78 is 5.58. The third-order valence-electron chi connectivity index (χ3n) is 5.69. The molecule has 1 heterocycles. The SMILES string of the molecule is CC(C)NCC1CCC(C(C)C)CC1C1CCOCC1. The highest BCUT2D eigenvalue weighted by atomic mass is 16.5. The van der Waals surface area contributed by atoms with Crippen molar-refractivity contribution in [2.24, 2.45) is 29.6 Å². The van der Waals surface area contributed by atoms with Crippen LogP contribution in [-0.2, 0) is 4.74 Å². The van der Waals surface area contributed by atoms with Gasteiger partial charge in [-0.25, -0.2) is 0 Å². The van der Waals surface area contributed by atoms with Crippen LogP contribution in [-0.4, -0.2) is 25.8 Å². The Morgan fingerprint density at radius 3 is 2.30 bits per heavy atom. The number of hydrogen-bond acceptors (Lipinski definition) is 2. The van der Waals surface area contributed by atoms with Gasteiger partial charge in [-0.1, -0.05) is 27.7 Å². The van der Waals surface area contributed by atoms with E-state index in [1.54, 1.807) is 0 Å². The van der Waals surface area contributed by atoms with Crippen LogP contribution in [0.25, 0.3) is 0 Å². The van der Waals surface area contributed by atoms with Gasteiger partial charge in [0.1, 0.15) is 0 Å². The minimum Gasteiger partial charge on any atom is -0.381 e. The molecule has 2 nitrogen and oxygen atoms in total. The van der Waals surface area contributed by atoms with Crippen molar-refractivity contribution < 1.29 is 4.74 Å². The van der Waals surface area contributed by atoms with Gasteiger partial charge in [0.2, 0.25) is 0 Å². The summed E-state index contributed by atoms with van der Waals surface area (Å²) in [6.45, 7) is 12.6. The monoisotopic (exact) mass is 281 g/mol. The van der Waals surface area contributed by atoms with E-state index in [2.05, 4.69) is 33.0 Å². The van der Waals surface area contributed by atoms with E-state index in [0.717, 1.165) is 42.8 Å². The molecule has 0 radical (unpaired) electrons. The summed E-state index contributed by atoms with van der Waals surface area (Å²) in [7, 11) is 0. The molecule has 2 aliphatic rings. The second-order valence-corrected chi connectivity index (χ2v) is 7.75. The summed E-state index contributed by atoms with van der Waals surface area (Å²) in [5.74, 6) is 4.57. The van der Waals surface area contributed by atoms with Gasteiger partial charge in [-0.15, -0.1) is 0 Å². The lowest BCUT2D eigenvalue weighted by Crippen LogP contribution is -2.41. The maximum Gasteiger partial charge on any atom is 0.0468 e. The van der Waals surface area contributed by atoms with E-state index in [0.29, 0.717) is 6.04 Å². The molecule has 20 heavy (non-hydrogen) atoms. The van der Waals surface area contributed by atoms with Crippen LogP contribution in [0, 0.1) is 29.6 Å². The summed E-state index contributed by atoms with van der Waals surface area (Å²) in [6, 6.07) is 0.619. The Morgan fingerprint density at radius 1 is 1.00 bits per heavy atom. The zero-order valence-electron chi connectivity index (χ0n) is 14.0. The molecule has 2 heteroatoms. The molecular weight excluding hydrogens is 246 g/mol. The van der Waals surface area contributed by atoms with Crippen LogP contribution in [0.2, 0.25) is 0 Å². The van der Waals surface area contributed by atoms with E-state index in [1.807, 2.05) is 0 Å². The predicted octanol–water partition coefficient (Wildman–Crippen LogP) is 4.10. The third kappa shape index (κ3) is 4.46. The highest BCUT2D eigenvalue weighted by Crippen LogP contribution is 2.43. The average Bonchev–Trinajstić information content (AvgIpc) is 2.45. The molecule has 1 saturated carbocycles. The Kier molecular flexibility index (Phi) is 6.35. The highest BCUT2D eigenvalue weighted by Gasteiger charge is 2.36. The summed E-state index contributed by atoms with van der Waals surface area (Å²) in [6.07, 6.45) is 6.94. The normalized spacial score (nSPS) is 33.0. The van der Waals surface area contributed by atoms with Crippen LogP contribution in [0.5, 0.6) is 0 Å². The van der Waals surface area contributed by atoms with E-state index < -0.39 is 0 Å². The van der Waals surface area contributed by atoms with Crippen molar-refractivity contribution in [3.8, 4) is 0 Å². The quantitative estimate of drug-likeness (QED) is 0.819. The molecular formula is C18H35NO. The molecule has 2 fully saturated rings. The molecule has 0 spiro atoms. The molecule has 1 saturated heterocycles. The van der Waals surface area contributed by atoms with Crippen LogP contribution in [0.1, 0.15) is 59.8 Å². The van der Waals surface area contributed by atoms with Crippen molar-refractivity contribution >= 4 is 0 Å². The average molecular weight is 281 g/mol. The Labute approximate surface area is 126 Å². The van der Waals surface area contributed by atoms with Crippen LogP contribution in [0.15, 0.2) is 0 Å². The zero-order chi connectivity index (χ0) is 14.5. The minimum absolute atomic E-state index is 0.619. The van der Waals surface area contributed by atoms with Gasteiger partial charge in [0.25, 0.3) is 0 Å². The highest BCUT2D eigenvalue weighted by molar-refractivity contribution is 4.87. The largest absolute Gasteiger partial charge is 0.381 e. The number of hydrogen-bond donors (Lipinski definition) is 1. The van der Waals surface area contributed by atoms with Gasteiger partial charge in [-0.05, 0) is 68.2 Å². The molecule has 0 aromatic heterocycles. The van der Waals surface area contributed by atoms with E-state index in [9.17, 15) is 0 Å². The molecule has 1 N–H and O–H groups in total. The first kappa shape index (κ1) is 16.3. The van der Waals surface area contributed by atoms with E-state index in [-0.39, 0.29) is 0 Å². The first-order valence-corrected chi connectivity index (χ1v) is 8.89. The maximum absolute atomic E-state index is 5.58. The second-order valence-electron chi connectivity index (χ2n) is 7.75. The van der Waals surface area contributed by atoms with E-state index in [1.165, 1.54) is 38.6 Å². The van der Waals surface area contributed by atoms with Crippen LogP contribution < -0.4 is 5.32 Å². The lowest BCUT2D eigenvalue weighted by atomic mass is 9.64. The van der Waals surface area contributed by atoms with Gasteiger partial charge in [-0.2, -0.15) is 0 Å². The smallest absolute Gasteiger partial charge is 0.0468 e. The van der Waals surface area contributed by atoms with Crippen LogP contribution in [0.3, 0.4) is 0 Å². The van der Waals surface area contributed by atoms with Crippen molar-refractivity contribution in [2.75, 3.05) is 19.8 Å². The first-order chi connectivity index (χ1) is 9.58. The molecule has 1 aliphatic heterocycles. The van der Waals surface area contributed by atoms with Crippen molar-refractivity contribution in [3.05, 3.63) is 0 Å². The summed E-state index contributed by atoms with van der Waals surface area (Å²) in [4.78, 5) is 0. The molecule has 0 aromatic rings. The van der Waals surface area contributed by atoms with Crippen molar-refractivity contribution in [1.29, 1.82) is 0 Å². The van der Waals surface area contributed by atoms with Crippen LogP contribution >= 0.6 is 0 Å². The standard InChI is InChI=1S/C18H35NO/c1-13(2)16-5-6-17(12-19-14(3)4)18(11-16)15-7-9-20-10-8-15/h13-19H,5-12H2,1-4H3. The lowest BCUT2D eigenvalue weighted by Gasteiger charge is -2.43. The van der Waals surface area contributed by atoms with Crippen molar-refractivity contribution in [2.45, 2.75) is 65.8 Å². The molecule has 3 atom stereocenters. The van der Waals surface area contributed by atoms with Gasteiger partial charge in [0.05, 0.1) is 0 Å². The molecule has 3 unspecified atom stereocenters. The predicted molar refractivity (Wildman–Crippen MR) is 85.8 cm³/mol. The summed E-state index contributed by atoms with van der Waals surface area (Å²) in [5, 5.41) is 3.70. The zero-order valence-corrected chi connectivity index (χ0v) is 14.0. The number of rotatable bonds is 5. The summed E-state index contributed by atoms with van der Waals surface area (Å²) in [5.41, 5.74) is 0. The third-order valence-corrected chi connectivity index (χ3v) is 5.69. The second kappa shape index (κ2) is 7.79. The fourth-order valence-corrected chi connectivity index (χ4v) is 4.27. The number of nitrogens with one attached hydrogen (secondary N) is 1. The molecule has 1 aliphatic carbocycles. The fourth-order valence-electron chi connectivity index (χ4n) is 4.27. The Bertz CT molecular complexity index is 271. The first-order valence-electron chi connectivity index (χ1n) is 8.89. The molecule has 0 aromatic carbocycles. The Balaban J connectivity index is 1.97. The van der Waals surface area contributed by atoms with Crippen LogP contribution in [0.4, 0.5) is 0 Å². The fraction of sp³-hybridized carbons (Fsp3) is 1.00. The Morgan fingerprint density at radius 2 is 1.70 bits per heavy atom. The Hall–Kier alpha value is -0.0800. The van der Waals surface area contributed by atoms with Gasteiger partial charge in [0, 0.05) is 19.3 Å². The number of ether oxygens (including phenoxy) is 1. The molecule has 0 amide bonds. The van der Waals surface area contributed by atoms with E-state index in [4.69, 9.17) is 4.74 Å². The summed E-state index contributed by atoms with van der Waals surface area (Å²) >= 11 is 0. The van der Waals surface area contributed by atoms with Crippen molar-refractivity contribution in [3.63, 3.8) is 0 Å². The van der Waals surface area contributed by atoms with E-state index >= 15 is 0 Å². The minimum atomic E-state index is 0.619. The molecule has 118 valence electrons. The van der Waals surface area contributed by atoms with Gasteiger partial charge < -0.3 is 10.1 Å². The maximum atomic E-state index is 5.58. The topological polar surface area (TPSA) is 21.3 Å². The van der Waals surface area contributed by atoms with Gasteiger partial charge in [0.15, 0.2) is 0 Å². The lowest BCUT2D eigenvalue weighted by molar-refractivity contribution is 0.00925. The van der Waals surface area contributed by atoms with Gasteiger partial charge in [-0.3, -0.25) is 0 Å². The van der Waals surface area contributed by atoms with Crippen molar-refractivity contribution in [1.82, 2.24) is 5.32 Å². The molecule has 0 bridgehead atoms. The molecule has 2 rings (SSSR count).